The van der Waals surface area contributed by atoms with Gasteiger partial charge in [0.05, 0.1) is 4.92 Å². The molecule has 0 radical (unpaired) electrons. The second kappa shape index (κ2) is 5.34. The van der Waals surface area contributed by atoms with Crippen LogP contribution in [0.1, 0.15) is 11.1 Å². The number of hydrogen-bond donors (Lipinski definition) is 2. The zero-order chi connectivity index (χ0) is 13.8. The van der Waals surface area contributed by atoms with Crippen LogP contribution in [0.25, 0.3) is 0 Å². The molecule has 0 amide bonds. The van der Waals surface area contributed by atoms with Gasteiger partial charge in [-0.15, -0.1) is 0 Å². The summed E-state index contributed by atoms with van der Waals surface area (Å²) < 4.78 is 0. The standard InChI is InChI=1S/C13H14N4O2/c1-9-6-12(17(18)19)13(15-7-9)16-8-10-2-4-11(14)5-3-10/h2-7H,8,14H2,1H3,(H,15,16). The average Bonchev–Trinajstić information content (AvgIpc) is 2.39. The van der Waals surface area contributed by atoms with Gasteiger partial charge in [-0.1, -0.05) is 12.1 Å². The van der Waals surface area contributed by atoms with E-state index in [2.05, 4.69) is 10.3 Å². The van der Waals surface area contributed by atoms with Crippen LogP contribution in [0.5, 0.6) is 0 Å². The molecular formula is C13H14N4O2. The average molecular weight is 258 g/mol. The number of nitrogen functional groups attached to an aromatic ring is 1. The molecule has 2 rings (SSSR count). The Morgan fingerprint density at radius 1 is 1.37 bits per heavy atom. The number of nitrogens with one attached hydrogen (secondary N) is 1. The maximum atomic E-state index is 10.9. The number of aromatic nitrogens is 1. The highest BCUT2D eigenvalue weighted by atomic mass is 16.6. The normalized spacial score (nSPS) is 10.2. The highest BCUT2D eigenvalue weighted by Gasteiger charge is 2.14. The minimum atomic E-state index is -0.439. The Bertz CT molecular complexity index is 596. The molecule has 0 saturated carbocycles. The summed E-state index contributed by atoms with van der Waals surface area (Å²) in [6.07, 6.45) is 1.60. The van der Waals surface area contributed by atoms with E-state index in [0.29, 0.717) is 12.2 Å². The van der Waals surface area contributed by atoms with Crippen LogP contribution in [0.4, 0.5) is 17.2 Å². The number of rotatable bonds is 4. The van der Waals surface area contributed by atoms with Crippen LogP contribution in [-0.2, 0) is 6.54 Å². The van der Waals surface area contributed by atoms with E-state index in [1.54, 1.807) is 25.3 Å². The third-order valence-corrected chi connectivity index (χ3v) is 2.64. The van der Waals surface area contributed by atoms with E-state index >= 15 is 0 Å². The highest BCUT2D eigenvalue weighted by molar-refractivity contribution is 5.56. The summed E-state index contributed by atoms with van der Waals surface area (Å²) in [5, 5.41) is 13.9. The van der Waals surface area contributed by atoms with Crippen LogP contribution < -0.4 is 11.1 Å². The van der Waals surface area contributed by atoms with Crippen molar-refractivity contribution in [3.63, 3.8) is 0 Å². The summed E-state index contributed by atoms with van der Waals surface area (Å²) in [5.74, 6) is 0.271. The van der Waals surface area contributed by atoms with E-state index in [-0.39, 0.29) is 11.5 Å². The summed E-state index contributed by atoms with van der Waals surface area (Å²) in [6, 6.07) is 8.80. The molecule has 0 unspecified atom stereocenters. The molecule has 1 heterocycles. The summed E-state index contributed by atoms with van der Waals surface area (Å²) in [6.45, 7) is 2.22. The van der Waals surface area contributed by atoms with Crippen molar-refractivity contribution in [3.8, 4) is 0 Å². The molecule has 6 heteroatoms. The number of pyridine rings is 1. The Morgan fingerprint density at radius 2 is 2.05 bits per heavy atom. The van der Waals surface area contributed by atoms with Crippen molar-refractivity contribution in [2.45, 2.75) is 13.5 Å². The highest BCUT2D eigenvalue weighted by Crippen LogP contribution is 2.23. The lowest BCUT2D eigenvalue weighted by molar-refractivity contribution is -0.384. The number of nitrogens with zero attached hydrogens (tertiary/aromatic N) is 2. The van der Waals surface area contributed by atoms with Crippen molar-refractivity contribution in [1.29, 1.82) is 0 Å². The van der Waals surface area contributed by atoms with Crippen LogP contribution in [0.15, 0.2) is 36.5 Å². The van der Waals surface area contributed by atoms with E-state index in [1.165, 1.54) is 6.07 Å². The van der Waals surface area contributed by atoms with E-state index in [4.69, 9.17) is 5.73 Å². The molecule has 0 spiro atoms. The van der Waals surface area contributed by atoms with Crippen molar-refractivity contribution in [1.82, 2.24) is 4.98 Å². The lowest BCUT2D eigenvalue weighted by Gasteiger charge is -2.07. The first-order chi connectivity index (χ1) is 9.06. The molecular weight excluding hydrogens is 244 g/mol. The third kappa shape index (κ3) is 3.19. The number of benzene rings is 1. The molecule has 0 atom stereocenters. The van der Waals surface area contributed by atoms with Gasteiger partial charge in [0, 0.05) is 24.5 Å². The van der Waals surface area contributed by atoms with Crippen molar-refractivity contribution >= 4 is 17.2 Å². The molecule has 1 aromatic heterocycles. The summed E-state index contributed by atoms with van der Waals surface area (Å²) >= 11 is 0. The van der Waals surface area contributed by atoms with Crippen molar-refractivity contribution in [2.24, 2.45) is 0 Å². The first kappa shape index (κ1) is 12.8. The minimum absolute atomic E-state index is 0.0181. The molecule has 0 aliphatic heterocycles. The minimum Gasteiger partial charge on any atom is -0.399 e. The zero-order valence-electron chi connectivity index (χ0n) is 10.5. The predicted octanol–water partition coefficient (Wildman–Crippen LogP) is 2.49. The molecule has 98 valence electrons. The second-order valence-electron chi connectivity index (χ2n) is 4.23. The van der Waals surface area contributed by atoms with Gasteiger partial charge in [0.1, 0.15) is 0 Å². The summed E-state index contributed by atoms with van der Waals surface area (Å²) in [4.78, 5) is 14.6. The molecule has 0 fully saturated rings. The largest absolute Gasteiger partial charge is 0.399 e. The monoisotopic (exact) mass is 258 g/mol. The van der Waals surface area contributed by atoms with Gasteiger partial charge in [-0.05, 0) is 30.2 Å². The van der Waals surface area contributed by atoms with Gasteiger partial charge >= 0.3 is 5.69 Å². The summed E-state index contributed by atoms with van der Waals surface area (Å²) in [7, 11) is 0. The van der Waals surface area contributed by atoms with E-state index in [0.717, 1.165) is 11.1 Å². The molecule has 1 aromatic carbocycles. The fourth-order valence-corrected chi connectivity index (χ4v) is 1.65. The van der Waals surface area contributed by atoms with Crippen molar-refractivity contribution in [2.75, 3.05) is 11.1 Å². The number of aryl methyl sites for hydroxylation is 1. The van der Waals surface area contributed by atoms with E-state index in [1.807, 2.05) is 12.1 Å². The number of anilines is 2. The maximum absolute atomic E-state index is 10.9. The van der Waals surface area contributed by atoms with Gasteiger partial charge in [0.25, 0.3) is 0 Å². The Labute approximate surface area is 110 Å². The number of nitrogens with two attached hydrogens (primary N) is 1. The van der Waals surface area contributed by atoms with Gasteiger partial charge in [0.15, 0.2) is 0 Å². The maximum Gasteiger partial charge on any atom is 0.311 e. The second-order valence-corrected chi connectivity index (χ2v) is 4.23. The van der Waals surface area contributed by atoms with Crippen LogP contribution in [0.3, 0.4) is 0 Å². The van der Waals surface area contributed by atoms with Gasteiger partial charge in [-0.25, -0.2) is 4.98 Å². The lowest BCUT2D eigenvalue weighted by Crippen LogP contribution is -2.05. The van der Waals surface area contributed by atoms with Gasteiger partial charge in [0.2, 0.25) is 5.82 Å². The number of hydrogen-bond acceptors (Lipinski definition) is 5. The zero-order valence-corrected chi connectivity index (χ0v) is 10.5. The van der Waals surface area contributed by atoms with Crippen LogP contribution in [0, 0.1) is 17.0 Å². The molecule has 19 heavy (non-hydrogen) atoms. The summed E-state index contributed by atoms with van der Waals surface area (Å²) in [5.41, 5.74) is 7.99. The van der Waals surface area contributed by atoms with Gasteiger partial charge in [-0.3, -0.25) is 10.1 Å². The Morgan fingerprint density at radius 3 is 2.68 bits per heavy atom. The first-order valence-corrected chi connectivity index (χ1v) is 5.75. The molecule has 0 bridgehead atoms. The fraction of sp³-hybridized carbons (Fsp3) is 0.154. The number of nitro groups is 1. The third-order valence-electron chi connectivity index (χ3n) is 2.64. The topological polar surface area (TPSA) is 94.1 Å². The Balaban J connectivity index is 2.15. The van der Waals surface area contributed by atoms with E-state index in [9.17, 15) is 10.1 Å². The first-order valence-electron chi connectivity index (χ1n) is 5.75. The van der Waals surface area contributed by atoms with Gasteiger partial charge in [-0.2, -0.15) is 0 Å². The van der Waals surface area contributed by atoms with Crippen LogP contribution in [-0.4, -0.2) is 9.91 Å². The molecule has 0 aliphatic rings. The Hall–Kier alpha value is -2.63. The van der Waals surface area contributed by atoms with Crippen LogP contribution >= 0.6 is 0 Å². The molecule has 0 saturated heterocycles. The molecule has 6 nitrogen and oxygen atoms in total. The molecule has 0 aliphatic carbocycles. The lowest BCUT2D eigenvalue weighted by atomic mass is 10.2. The van der Waals surface area contributed by atoms with Crippen molar-refractivity contribution in [3.05, 3.63) is 57.8 Å². The fourth-order valence-electron chi connectivity index (χ4n) is 1.65. The van der Waals surface area contributed by atoms with Crippen molar-refractivity contribution < 1.29 is 4.92 Å². The molecule has 3 N–H and O–H groups in total. The Kier molecular flexibility index (Phi) is 3.61. The quantitative estimate of drug-likeness (QED) is 0.499. The smallest absolute Gasteiger partial charge is 0.311 e. The molecule has 2 aromatic rings. The predicted molar refractivity (Wildman–Crippen MR) is 73.8 cm³/mol. The SMILES string of the molecule is Cc1cnc(NCc2ccc(N)cc2)c([N+](=O)[O-])c1. The van der Waals surface area contributed by atoms with Gasteiger partial charge < -0.3 is 11.1 Å². The van der Waals surface area contributed by atoms with E-state index < -0.39 is 4.92 Å². The van der Waals surface area contributed by atoms with Crippen LogP contribution in [0.2, 0.25) is 0 Å².